The van der Waals surface area contributed by atoms with E-state index in [1.165, 1.54) is 35.1 Å². The molecule has 1 aliphatic rings. The molecular weight excluding hydrogens is 358 g/mol. The van der Waals surface area contributed by atoms with Crippen LogP contribution in [0.15, 0.2) is 41.5 Å². The van der Waals surface area contributed by atoms with Crippen molar-refractivity contribution in [1.82, 2.24) is 14.5 Å². The third kappa shape index (κ3) is 3.54. The summed E-state index contributed by atoms with van der Waals surface area (Å²) in [6, 6.07) is 9.91. The highest BCUT2D eigenvalue weighted by molar-refractivity contribution is 7.19. The SMILES string of the molecule is Cc1sc2ncn(CC(=O)N3CCCCCC3)c(=O)c2c1-c1ccccc1. The number of aromatic nitrogens is 2. The molecule has 1 saturated heterocycles. The first-order valence-electron chi connectivity index (χ1n) is 9.47. The molecule has 3 heterocycles. The van der Waals surface area contributed by atoms with Gasteiger partial charge in [0.2, 0.25) is 5.91 Å². The van der Waals surface area contributed by atoms with Crippen molar-refractivity contribution in [1.29, 1.82) is 0 Å². The number of rotatable bonds is 3. The number of hydrogen-bond donors (Lipinski definition) is 0. The van der Waals surface area contributed by atoms with Crippen LogP contribution in [0.25, 0.3) is 21.3 Å². The van der Waals surface area contributed by atoms with Crippen molar-refractivity contribution in [2.45, 2.75) is 39.2 Å². The third-order valence-corrected chi connectivity index (χ3v) is 6.19. The Labute approximate surface area is 162 Å². The van der Waals surface area contributed by atoms with Gasteiger partial charge in [-0.05, 0) is 25.3 Å². The van der Waals surface area contributed by atoms with Crippen molar-refractivity contribution in [2.24, 2.45) is 0 Å². The van der Waals surface area contributed by atoms with Crippen LogP contribution in [0.4, 0.5) is 0 Å². The molecule has 0 N–H and O–H groups in total. The largest absolute Gasteiger partial charge is 0.341 e. The standard InChI is InChI=1S/C21H23N3O2S/c1-15-18(16-9-5-4-6-10-16)19-20(27-15)22-14-24(21(19)26)13-17(25)23-11-7-2-3-8-12-23/h4-6,9-10,14H,2-3,7-8,11-13H2,1H3. The molecule has 0 aliphatic carbocycles. The van der Waals surface area contributed by atoms with Gasteiger partial charge in [0.25, 0.3) is 5.56 Å². The van der Waals surface area contributed by atoms with E-state index in [-0.39, 0.29) is 18.0 Å². The molecule has 140 valence electrons. The fourth-order valence-electron chi connectivity index (χ4n) is 3.77. The molecule has 0 bridgehead atoms. The molecular formula is C21H23N3O2S. The number of thiophene rings is 1. The van der Waals surface area contributed by atoms with Crippen molar-refractivity contribution in [3.05, 3.63) is 51.9 Å². The number of carbonyl (C=O) groups excluding carboxylic acids is 1. The summed E-state index contributed by atoms with van der Waals surface area (Å²) in [5, 5.41) is 0.620. The monoisotopic (exact) mass is 381 g/mol. The second-order valence-corrected chi connectivity index (χ2v) is 8.26. The molecule has 1 aromatic carbocycles. The van der Waals surface area contributed by atoms with Gasteiger partial charge in [-0.3, -0.25) is 14.2 Å². The maximum absolute atomic E-state index is 13.2. The van der Waals surface area contributed by atoms with Crippen LogP contribution in [-0.4, -0.2) is 33.4 Å². The van der Waals surface area contributed by atoms with Crippen molar-refractivity contribution in [2.75, 3.05) is 13.1 Å². The van der Waals surface area contributed by atoms with Crippen LogP contribution in [0.1, 0.15) is 30.6 Å². The normalized spacial score (nSPS) is 15.1. The third-order valence-electron chi connectivity index (χ3n) is 5.18. The quantitative estimate of drug-likeness (QED) is 0.693. The number of nitrogens with zero attached hydrogens (tertiary/aromatic N) is 3. The Morgan fingerprint density at radius 2 is 1.81 bits per heavy atom. The number of carbonyl (C=O) groups is 1. The summed E-state index contributed by atoms with van der Waals surface area (Å²) >= 11 is 1.53. The molecule has 4 rings (SSSR count). The van der Waals surface area contributed by atoms with E-state index in [4.69, 9.17) is 0 Å². The first kappa shape index (κ1) is 17.9. The summed E-state index contributed by atoms with van der Waals surface area (Å²) in [6.45, 7) is 3.65. The molecule has 1 fully saturated rings. The molecule has 1 aliphatic heterocycles. The lowest BCUT2D eigenvalue weighted by Crippen LogP contribution is -2.37. The molecule has 6 heteroatoms. The Morgan fingerprint density at radius 3 is 2.52 bits per heavy atom. The lowest BCUT2D eigenvalue weighted by atomic mass is 10.0. The summed E-state index contributed by atoms with van der Waals surface area (Å²) in [4.78, 5) is 34.1. The van der Waals surface area contributed by atoms with Gasteiger partial charge < -0.3 is 4.90 Å². The number of amides is 1. The second-order valence-electron chi connectivity index (χ2n) is 7.05. The molecule has 0 unspecified atom stereocenters. The topological polar surface area (TPSA) is 55.2 Å². The molecule has 0 saturated carbocycles. The van der Waals surface area contributed by atoms with Gasteiger partial charge in [0.15, 0.2) is 0 Å². The first-order chi connectivity index (χ1) is 13.1. The first-order valence-corrected chi connectivity index (χ1v) is 10.3. The highest BCUT2D eigenvalue weighted by Gasteiger charge is 2.20. The zero-order chi connectivity index (χ0) is 18.8. The summed E-state index contributed by atoms with van der Waals surface area (Å²) in [6.07, 6.45) is 5.95. The predicted molar refractivity (Wildman–Crippen MR) is 109 cm³/mol. The van der Waals surface area contributed by atoms with Crippen LogP contribution in [0.3, 0.4) is 0 Å². The van der Waals surface area contributed by atoms with Crippen LogP contribution < -0.4 is 5.56 Å². The zero-order valence-electron chi connectivity index (χ0n) is 15.5. The number of fused-ring (bicyclic) bond motifs is 1. The minimum Gasteiger partial charge on any atom is -0.341 e. The van der Waals surface area contributed by atoms with Gasteiger partial charge in [-0.2, -0.15) is 0 Å². The number of aryl methyl sites for hydroxylation is 1. The Bertz CT molecular complexity index is 1020. The molecule has 0 radical (unpaired) electrons. The zero-order valence-corrected chi connectivity index (χ0v) is 16.3. The van der Waals surface area contributed by atoms with E-state index in [1.807, 2.05) is 42.2 Å². The number of likely N-dealkylation sites (tertiary alicyclic amines) is 1. The Kier molecular flexibility index (Phi) is 5.07. The smallest absolute Gasteiger partial charge is 0.263 e. The molecule has 0 spiro atoms. The van der Waals surface area contributed by atoms with Crippen LogP contribution in [0.5, 0.6) is 0 Å². The maximum Gasteiger partial charge on any atom is 0.263 e. The Balaban J connectivity index is 1.72. The summed E-state index contributed by atoms with van der Waals surface area (Å²) < 4.78 is 1.47. The van der Waals surface area contributed by atoms with E-state index >= 15 is 0 Å². The fraction of sp³-hybridized carbons (Fsp3) is 0.381. The molecule has 27 heavy (non-hydrogen) atoms. The van der Waals surface area contributed by atoms with Gasteiger partial charge in [0.1, 0.15) is 11.4 Å². The lowest BCUT2D eigenvalue weighted by Gasteiger charge is -2.20. The van der Waals surface area contributed by atoms with Gasteiger partial charge in [0.05, 0.1) is 11.7 Å². The lowest BCUT2D eigenvalue weighted by molar-refractivity contribution is -0.131. The van der Waals surface area contributed by atoms with Gasteiger partial charge in [-0.1, -0.05) is 43.2 Å². The van der Waals surface area contributed by atoms with Gasteiger partial charge >= 0.3 is 0 Å². The van der Waals surface area contributed by atoms with E-state index in [1.54, 1.807) is 0 Å². The molecule has 2 aromatic heterocycles. The predicted octanol–water partition coefficient (Wildman–Crippen LogP) is 3.84. The van der Waals surface area contributed by atoms with Crippen LogP contribution in [0, 0.1) is 6.92 Å². The number of benzene rings is 1. The Hall–Kier alpha value is -2.47. The van der Waals surface area contributed by atoms with Crippen molar-refractivity contribution >= 4 is 27.5 Å². The minimum atomic E-state index is -0.133. The maximum atomic E-state index is 13.2. The highest BCUT2D eigenvalue weighted by atomic mass is 32.1. The van der Waals surface area contributed by atoms with E-state index in [9.17, 15) is 9.59 Å². The number of hydrogen-bond acceptors (Lipinski definition) is 4. The molecule has 0 atom stereocenters. The highest BCUT2D eigenvalue weighted by Crippen LogP contribution is 2.35. The molecule has 1 amide bonds. The minimum absolute atomic E-state index is 0.00774. The van der Waals surface area contributed by atoms with Crippen molar-refractivity contribution in [3.8, 4) is 11.1 Å². The van der Waals surface area contributed by atoms with E-state index in [0.29, 0.717) is 5.39 Å². The summed E-state index contributed by atoms with van der Waals surface area (Å²) in [5.41, 5.74) is 1.81. The van der Waals surface area contributed by atoms with E-state index < -0.39 is 0 Å². The van der Waals surface area contributed by atoms with Crippen LogP contribution in [0.2, 0.25) is 0 Å². The van der Waals surface area contributed by atoms with E-state index in [0.717, 1.165) is 46.8 Å². The van der Waals surface area contributed by atoms with Gasteiger partial charge in [0, 0.05) is 23.5 Å². The van der Waals surface area contributed by atoms with Crippen molar-refractivity contribution < 1.29 is 4.79 Å². The Morgan fingerprint density at radius 1 is 1.11 bits per heavy atom. The van der Waals surface area contributed by atoms with Crippen LogP contribution in [-0.2, 0) is 11.3 Å². The molecule has 5 nitrogen and oxygen atoms in total. The molecule has 3 aromatic rings. The summed E-state index contributed by atoms with van der Waals surface area (Å²) in [7, 11) is 0. The average Bonchev–Trinajstić information content (AvgIpc) is 2.85. The van der Waals surface area contributed by atoms with E-state index in [2.05, 4.69) is 4.98 Å². The van der Waals surface area contributed by atoms with Gasteiger partial charge in [-0.25, -0.2) is 4.98 Å². The fourth-order valence-corrected chi connectivity index (χ4v) is 4.77. The van der Waals surface area contributed by atoms with Crippen molar-refractivity contribution in [3.63, 3.8) is 0 Å². The van der Waals surface area contributed by atoms with Crippen LogP contribution >= 0.6 is 11.3 Å². The van der Waals surface area contributed by atoms with Gasteiger partial charge in [-0.15, -0.1) is 11.3 Å². The average molecular weight is 382 g/mol. The second kappa shape index (κ2) is 7.64. The summed E-state index contributed by atoms with van der Waals surface area (Å²) in [5.74, 6) is 0.00774.